The van der Waals surface area contributed by atoms with Gasteiger partial charge in [-0.3, -0.25) is 4.90 Å². The van der Waals surface area contributed by atoms with Crippen LogP contribution in [-0.2, 0) is 28.5 Å². The lowest BCUT2D eigenvalue weighted by atomic mass is 10.1. The number of hydrogen-bond donors (Lipinski definition) is 0. The second kappa shape index (κ2) is 8.00. The molecular formula is C19H21F3N2O2S. The summed E-state index contributed by atoms with van der Waals surface area (Å²) in [6, 6.07) is 14.3. The largest absolute Gasteiger partial charge is 0.416 e. The Labute approximate surface area is 157 Å². The fourth-order valence-corrected chi connectivity index (χ4v) is 4.66. The molecule has 2 aromatic carbocycles. The standard InChI is InChI=1S/C19H21F3N2O2S/c20-19(21,22)18-8-4-7-17(13-18)14-23-9-11-24(12-10-23)27(25,26)15-16-5-2-1-3-6-16/h1-8,13H,9-12,14-15H2. The number of benzene rings is 2. The number of nitrogens with zero attached hydrogens (tertiary/aromatic N) is 2. The van der Waals surface area contributed by atoms with Crippen molar-refractivity contribution in [1.29, 1.82) is 0 Å². The first kappa shape index (κ1) is 19.9. The average molecular weight is 398 g/mol. The van der Waals surface area contributed by atoms with E-state index < -0.39 is 21.8 Å². The van der Waals surface area contributed by atoms with Gasteiger partial charge in [-0.15, -0.1) is 0 Å². The van der Waals surface area contributed by atoms with Crippen LogP contribution in [0.4, 0.5) is 13.2 Å². The molecule has 0 atom stereocenters. The highest BCUT2D eigenvalue weighted by atomic mass is 32.2. The Morgan fingerprint density at radius 3 is 2.11 bits per heavy atom. The Bertz CT molecular complexity index is 862. The van der Waals surface area contributed by atoms with Crippen molar-refractivity contribution in [1.82, 2.24) is 9.21 Å². The summed E-state index contributed by atoms with van der Waals surface area (Å²) in [5.41, 5.74) is 0.651. The van der Waals surface area contributed by atoms with Crippen molar-refractivity contribution < 1.29 is 21.6 Å². The van der Waals surface area contributed by atoms with Gasteiger partial charge in [-0.1, -0.05) is 48.5 Å². The van der Waals surface area contributed by atoms with Crippen LogP contribution in [0.25, 0.3) is 0 Å². The number of hydrogen-bond acceptors (Lipinski definition) is 3. The molecule has 27 heavy (non-hydrogen) atoms. The van der Waals surface area contributed by atoms with Crippen LogP contribution in [0.3, 0.4) is 0 Å². The molecule has 4 nitrogen and oxygen atoms in total. The molecule has 0 radical (unpaired) electrons. The summed E-state index contributed by atoms with van der Waals surface area (Å²) in [4.78, 5) is 1.98. The summed E-state index contributed by atoms with van der Waals surface area (Å²) in [7, 11) is -3.40. The summed E-state index contributed by atoms with van der Waals surface area (Å²) >= 11 is 0. The molecule has 1 heterocycles. The molecule has 1 saturated heterocycles. The number of rotatable bonds is 5. The monoisotopic (exact) mass is 398 g/mol. The minimum absolute atomic E-state index is 0.0402. The highest BCUT2D eigenvalue weighted by Gasteiger charge is 2.31. The van der Waals surface area contributed by atoms with Gasteiger partial charge in [0.05, 0.1) is 11.3 Å². The van der Waals surface area contributed by atoms with E-state index in [0.717, 1.165) is 17.7 Å². The van der Waals surface area contributed by atoms with Gasteiger partial charge < -0.3 is 0 Å². The number of halogens is 3. The number of sulfonamides is 1. The zero-order valence-corrected chi connectivity index (χ0v) is 15.5. The van der Waals surface area contributed by atoms with Gasteiger partial charge in [-0.25, -0.2) is 8.42 Å². The van der Waals surface area contributed by atoms with Gasteiger partial charge in [0.2, 0.25) is 10.0 Å². The summed E-state index contributed by atoms with van der Waals surface area (Å²) in [6.07, 6.45) is -4.36. The maximum Gasteiger partial charge on any atom is 0.416 e. The Morgan fingerprint density at radius 2 is 1.48 bits per heavy atom. The third kappa shape index (κ3) is 5.31. The molecule has 1 fully saturated rings. The quantitative estimate of drug-likeness (QED) is 0.776. The molecule has 3 rings (SSSR count). The van der Waals surface area contributed by atoms with Crippen LogP contribution in [0, 0.1) is 0 Å². The highest BCUT2D eigenvalue weighted by Crippen LogP contribution is 2.29. The number of piperazine rings is 1. The van der Waals surface area contributed by atoms with E-state index in [2.05, 4.69) is 0 Å². The summed E-state index contributed by atoms with van der Waals surface area (Å²) in [6.45, 7) is 2.04. The van der Waals surface area contributed by atoms with Gasteiger partial charge in [0.15, 0.2) is 0 Å². The fraction of sp³-hybridized carbons (Fsp3) is 0.368. The molecule has 1 aliphatic rings. The SMILES string of the molecule is O=S(=O)(Cc1ccccc1)N1CCN(Cc2cccc(C(F)(F)F)c2)CC1. The van der Waals surface area contributed by atoms with Crippen LogP contribution in [0.1, 0.15) is 16.7 Å². The molecule has 8 heteroatoms. The predicted molar refractivity (Wildman–Crippen MR) is 97.4 cm³/mol. The topological polar surface area (TPSA) is 40.6 Å². The van der Waals surface area contributed by atoms with Crippen molar-refractivity contribution >= 4 is 10.0 Å². The molecule has 0 spiro atoms. The van der Waals surface area contributed by atoms with Crippen molar-refractivity contribution in [3.63, 3.8) is 0 Å². The molecule has 0 aromatic heterocycles. The molecule has 0 aliphatic carbocycles. The van der Waals surface area contributed by atoms with Crippen LogP contribution in [-0.4, -0.2) is 43.8 Å². The smallest absolute Gasteiger partial charge is 0.296 e. The van der Waals surface area contributed by atoms with Crippen molar-refractivity contribution in [2.45, 2.75) is 18.5 Å². The Kier molecular flexibility index (Phi) is 5.88. The molecule has 0 amide bonds. The van der Waals surface area contributed by atoms with E-state index in [-0.39, 0.29) is 5.75 Å². The minimum Gasteiger partial charge on any atom is -0.296 e. The van der Waals surface area contributed by atoms with Gasteiger partial charge in [0, 0.05) is 32.7 Å². The van der Waals surface area contributed by atoms with Crippen molar-refractivity contribution in [3.8, 4) is 0 Å². The van der Waals surface area contributed by atoms with Gasteiger partial charge in [0.25, 0.3) is 0 Å². The van der Waals surface area contributed by atoms with E-state index in [9.17, 15) is 21.6 Å². The zero-order valence-electron chi connectivity index (χ0n) is 14.7. The third-order valence-electron chi connectivity index (χ3n) is 4.58. The van der Waals surface area contributed by atoms with E-state index >= 15 is 0 Å². The predicted octanol–water partition coefficient (Wildman–Crippen LogP) is 3.35. The van der Waals surface area contributed by atoms with Crippen molar-refractivity contribution in [2.24, 2.45) is 0 Å². The molecular weight excluding hydrogens is 377 g/mol. The Hall–Kier alpha value is -1.90. The van der Waals surface area contributed by atoms with E-state index in [1.165, 1.54) is 10.4 Å². The normalized spacial score (nSPS) is 17.1. The maximum absolute atomic E-state index is 12.8. The number of alkyl halides is 3. The average Bonchev–Trinajstić information content (AvgIpc) is 2.62. The van der Waals surface area contributed by atoms with E-state index in [1.807, 2.05) is 11.0 Å². The van der Waals surface area contributed by atoms with Gasteiger partial charge in [0.1, 0.15) is 0 Å². The first-order valence-corrected chi connectivity index (χ1v) is 10.3. The first-order valence-electron chi connectivity index (χ1n) is 8.64. The lowest BCUT2D eigenvalue weighted by molar-refractivity contribution is -0.137. The highest BCUT2D eigenvalue weighted by molar-refractivity contribution is 7.88. The van der Waals surface area contributed by atoms with E-state index in [1.54, 1.807) is 30.3 Å². The first-order chi connectivity index (χ1) is 12.7. The van der Waals surface area contributed by atoms with Crippen LogP contribution < -0.4 is 0 Å². The fourth-order valence-electron chi connectivity index (χ4n) is 3.15. The summed E-state index contributed by atoms with van der Waals surface area (Å²) < 4.78 is 65.0. The zero-order chi connectivity index (χ0) is 19.5. The molecule has 1 aliphatic heterocycles. The van der Waals surface area contributed by atoms with Crippen LogP contribution in [0.15, 0.2) is 54.6 Å². The molecule has 146 valence electrons. The second-order valence-corrected chi connectivity index (χ2v) is 8.58. The van der Waals surface area contributed by atoms with Gasteiger partial charge in [-0.05, 0) is 17.2 Å². The summed E-state index contributed by atoms with van der Waals surface area (Å²) in [5, 5.41) is 0. The Morgan fingerprint density at radius 1 is 0.852 bits per heavy atom. The Balaban J connectivity index is 1.57. The van der Waals surface area contributed by atoms with Crippen molar-refractivity contribution in [2.75, 3.05) is 26.2 Å². The second-order valence-electron chi connectivity index (χ2n) is 6.62. The van der Waals surface area contributed by atoms with E-state index in [0.29, 0.717) is 38.3 Å². The van der Waals surface area contributed by atoms with Crippen LogP contribution >= 0.6 is 0 Å². The summed E-state index contributed by atoms with van der Waals surface area (Å²) in [5.74, 6) is -0.0402. The molecule has 2 aromatic rings. The third-order valence-corrected chi connectivity index (χ3v) is 6.43. The maximum atomic E-state index is 12.8. The molecule has 0 bridgehead atoms. The lowest BCUT2D eigenvalue weighted by Gasteiger charge is -2.34. The van der Waals surface area contributed by atoms with Gasteiger partial charge in [-0.2, -0.15) is 17.5 Å². The molecule has 0 N–H and O–H groups in total. The minimum atomic E-state index is -4.36. The van der Waals surface area contributed by atoms with Crippen LogP contribution in [0.2, 0.25) is 0 Å². The van der Waals surface area contributed by atoms with Gasteiger partial charge >= 0.3 is 6.18 Å². The molecule has 0 saturated carbocycles. The molecule has 0 unspecified atom stereocenters. The van der Waals surface area contributed by atoms with E-state index in [4.69, 9.17) is 0 Å². The van der Waals surface area contributed by atoms with Crippen LogP contribution in [0.5, 0.6) is 0 Å². The van der Waals surface area contributed by atoms with Crippen molar-refractivity contribution in [3.05, 3.63) is 71.3 Å². The lowest BCUT2D eigenvalue weighted by Crippen LogP contribution is -2.48.